The van der Waals surface area contributed by atoms with Gasteiger partial charge in [-0.2, -0.15) is 0 Å². The number of carboxylic acids is 1. The molecule has 0 aromatic heterocycles. The average molecular weight is 374 g/mol. The van der Waals surface area contributed by atoms with Gasteiger partial charge in [-0.3, -0.25) is 4.79 Å². The molecule has 0 amide bonds. The summed E-state index contributed by atoms with van der Waals surface area (Å²) in [7, 11) is 0. The van der Waals surface area contributed by atoms with Gasteiger partial charge in [-0.25, -0.2) is 9.18 Å². The molecule has 26 heavy (non-hydrogen) atoms. The highest BCUT2D eigenvalue weighted by atomic mass is 19.1. The zero-order chi connectivity index (χ0) is 19.4. The Morgan fingerprint density at radius 2 is 1.73 bits per heavy atom. The number of hydrogen-bond donors (Lipinski definition) is 5. The van der Waals surface area contributed by atoms with Crippen LogP contribution in [0.5, 0.6) is 0 Å². The quantitative estimate of drug-likeness (QED) is 0.398. The van der Waals surface area contributed by atoms with Crippen molar-refractivity contribution >= 4 is 11.9 Å². The normalized spacial score (nSPS) is 29.8. The van der Waals surface area contributed by atoms with E-state index < -0.39 is 54.6 Å². The second kappa shape index (κ2) is 8.52. The molecule has 6 atom stereocenters. The van der Waals surface area contributed by atoms with E-state index >= 15 is 0 Å². The van der Waals surface area contributed by atoms with Crippen molar-refractivity contribution in [1.29, 1.82) is 0 Å². The molecule has 1 saturated heterocycles. The van der Waals surface area contributed by atoms with E-state index in [1.807, 2.05) is 0 Å². The Kier molecular flexibility index (Phi) is 6.62. The molecule has 9 nitrogen and oxygen atoms in total. The van der Waals surface area contributed by atoms with E-state index in [0.717, 1.165) is 12.1 Å². The van der Waals surface area contributed by atoms with E-state index in [1.165, 1.54) is 12.1 Å². The minimum Gasteiger partial charge on any atom is -0.479 e. The highest BCUT2D eigenvalue weighted by molar-refractivity contribution is 5.73. The zero-order valence-electron chi connectivity index (χ0n) is 13.4. The number of hydrogen-bond acceptors (Lipinski definition) is 8. The number of aliphatic hydroxyl groups excluding tert-OH is 4. The van der Waals surface area contributed by atoms with E-state index in [2.05, 4.69) is 0 Å². The first-order valence-electron chi connectivity index (χ1n) is 7.76. The Hall–Kier alpha value is -2.11. The Morgan fingerprint density at radius 3 is 2.31 bits per heavy atom. The van der Waals surface area contributed by atoms with Crippen LogP contribution >= 0.6 is 0 Å². The molecule has 0 saturated carbocycles. The average Bonchev–Trinajstić information content (AvgIpc) is 2.60. The topological polar surface area (TPSA) is 154 Å². The van der Waals surface area contributed by atoms with Gasteiger partial charge >= 0.3 is 11.9 Å². The summed E-state index contributed by atoms with van der Waals surface area (Å²) in [6.45, 7) is 0. The third-order valence-corrected chi connectivity index (χ3v) is 3.94. The molecule has 1 aromatic carbocycles. The summed E-state index contributed by atoms with van der Waals surface area (Å²) < 4.78 is 22.4. The standard InChI is InChI=1S/C16H19FO9/c17-8-3-1-7(2-4-8)9(18)5-6-10(19)25-16-13(22)11(20)12(21)14(26-16)15(23)24/h1-4,9,11-14,16,18,20-22H,5-6H2,(H,23,24)/t9?,11-,12-,13+,14-,16?/m0/s1. The molecule has 1 heterocycles. The van der Waals surface area contributed by atoms with Gasteiger partial charge in [-0.15, -0.1) is 0 Å². The lowest BCUT2D eigenvalue weighted by atomic mass is 9.99. The van der Waals surface area contributed by atoms with Gasteiger partial charge in [0.15, 0.2) is 6.10 Å². The maximum absolute atomic E-state index is 12.8. The fraction of sp³-hybridized carbons (Fsp3) is 0.500. The number of benzene rings is 1. The highest BCUT2D eigenvalue weighted by Gasteiger charge is 2.48. The maximum Gasteiger partial charge on any atom is 0.335 e. The van der Waals surface area contributed by atoms with Crippen LogP contribution in [0.3, 0.4) is 0 Å². The Labute approximate surface area is 147 Å². The van der Waals surface area contributed by atoms with E-state index in [9.17, 15) is 34.4 Å². The first-order valence-corrected chi connectivity index (χ1v) is 7.76. The third-order valence-electron chi connectivity index (χ3n) is 3.94. The monoisotopic (exact) mass is 374 g/mol. The molecule has 0 bridgehead atoms. The molecule has 1 aliphatic rings. The summed E-state index contributed by atoms with van der Waals surface area (Å²) in [4.78, 5) is 22.8. The smallest absolute Gasteiger partial charge is 0.335 e. The lowest BCUT2D eigenvalue weighted by molar-refractivity contribution is -0.286. The Bertz CT molecular complexity index is 635. The molecule has 1 fully saturated rings. The van der Waals surface area contributed by atoms with Crippen molar-refractivity contribution in [2.45, 2.75) is 49.7 Å². The van der Waals surface area contributed by atoms with Crippen molar-refractivity contribution in [1.82, 2.24) is 0 Å². The van der Waals surface area contributed by atoms with Crippen LogP contribution in [-0.4, -0.2) is 68.2 Å². The summed E-state index contributed by atoms with van der Waals surface area (Å²) in [6.07, 6.45) is -10.8. The fourth-order valence-electron chi connectivity index (χ4n) is 2.44. The van der Waals surface area contributed by atoms with Gasteiger partial charge in [0, 0.05) is 6.42 Å². The van der Waals surface area contributed by atoms with Crippen LogP contribution in [-0.2, 0) is 19.1 Å². The zero-order valence-corrected chi connectivity index (χ0v) is 13.4. The lowest BCUT2D eigenvalue weighted by Crippen LogP contribution is -2.60. The second-order valence-electron chi connectivity index (χ2n) is 5.83. The van der Waals surface area contributed by atoms with Crippen LogP contribution in [0.15, 0.2) is 24.3 Å². The van der Waals surface area contributed by atoms with Gasteiger partial charge in [-0.05, 0) is 24.1 Å². The molecular formula is C16H19FO9. The first kappa shape index (κ1) is 20.2. The van der Waals surface area contributed by atoms with Gasteiger partial charge in [0.05, 0.1) is 6.10 Å². The van der Waals surface area contributed by atoms with Gasteiger partial charge in [-0.1, -0.05) is 12.1 Å². The van der Waals surface area contributed by atoms with Gasteiger partial charge < -0.3 is 35.0 Å². The lowest BCUT2D eigenvalue weighted by Gasteiger charge is -2.37. The first-order chi connectivity index (χ1) is 12.2. The summed E-state index contributed by atoms with van der Waals surface area (Å²) in [5.74, 6) is -3.00. The van der Waals surface area contributed by atoms with Crippen LogP contribution in [0, 0.1) is 5.82 Å². The predicted molar refractivity (Wildman–Crippen MR) is 81.0 cm³/mol. The fourth-order valence-corrected chi connectivity index (χ4v) is 2.44. The summed E-state index contributed by atoms with van der Waals surface area (Å²) in [5.41, 5.74) is 0.387. The largest absolute Gasteiger partial charge is 0.479 e. The molecule has 0 spiro atoms. The Morgan fingerprint density at radius 1 is 1.12 bits per heavy atom. The van der Waals surface area contributed by atoms with Gasteiger partial charge in [0.2, 0.25) is 6.29 Å². The van der Waals surface area contributed by atoms with E-state index in [4.69, 9.17) is 14.6 Å². The van der Waals surface area contributed by atoms with Crippen LogP contribution in [0.4, 0.5) is 4.39 Å². The summed E-state index contributed by atoms with van der Waals surface area (Å²) >= 11 is 0. The van der Waals surface area contributed by atoms with Crippen LogP contribution in [0.25, 0.3) is 0 Å². The van der Waals surface area contributed by atoms with Crippen molar-refractivity contribution in [3.63, 3.8) is 0 Å². The molecule has 1 aromatic rings. The number of rotatable bonds is 6. The van der Waals surface area contributed by atoms with Crippen molar-refractivity contribution in [2.75, 3.05) is 0 Å². The molecule has 5 N–H and O–H groups in total. The highest BCUT2D eigenvalue weighted by Crippen LogP contribution is 2.24. The van der Waals surface area contributed by atoms with E-state index in [0.29, 0.717) is 5.56 Å². The van der Waals surface area contributed by atoms with E-state index in [-0.39, 0.29) is 12.8 Å². The third kappa shape index (κ3) is 4.74. The number of halogens is 1. The number of esters is 1. The predicted octanol–water partition coefficient (Wildman–Crippen LogP) is -0.925. The number of carboxylic acid groups (broad SMARTS) is 1. The van der Waals surface area contributed by atoms with Crippen molar-refractivity contribution in [2.24, 2.45) is 0 Å². The van der Waals surface area contributed by atoms with Crippen LogP contribution < -0.4 is 0 Å². The van der Waals surface area contributed by atoms with Crippen molar-refractivity contribution in [3.05, 3.63) is 35.6 Å². The molecule has 10 heteroatoms. The number of aliphatic hydroxyl groups is 4. The summed E-state index contributed by atoms with van der Waals surface area (Å²) in [6, 6.07) is 5.02. The van der Waals surface area contributed by atoms with Gasteiger partial charge in [0.1, 0.15) is 24.1 Å². The molecular weight excluding hydrogens is 355 g/mol. The van der Waals surface area contributed by atoms with Crippen LogP contribution in [0.2, 0.25) is 0 Å². The molecule has 1 aliphatic heterocycles. The minimum atomic E-state index is -1.89. The van der Waals surface area contributed by atoms with E-state index in [1.54, 1.807) is 0 Å². The summed E-state index contributed by atoms with van der Waals surface area (Å²) in [5, 5.41) is 47.8. The molecule has 0 radical (unpaired) electrons. The molecule has 2 rings (SSSR count). The molecule has 144 valence electrons. The van der Waals surface area contributed by atoms with Gasteiger partial charge in [0.25, 0.3) is 0 Å². The van der Waals surface area contributed by atoms with Crippen molar-refractivity contribution < 1.29 is 49.0 Å². The number of carbonyl (C=O) groups is 2. The van der Waals surface area contributed by atoms with Crippen molar-refractivity contribution in [3.8, 4) is 0 Å². The minimum absolute atomic E-state index is 0.0825. The van der Waals surface area contributed by atoms with Crippen LogP contribution in [0.1, 0.15) is 24.5 Å². The number of aliphatic carboxylic acids is 1. The maximum atomic E-state index is 12.8. The Balaban J connectivity index is 1.89. The molecule has 0 aliphatic carbocycles. The SMILES string of the molecule is O=C(CCC(O)c1ccc(F)cc1)OC1O[C@H](C(=O)O)[C@@H](O)[C@H](O)[C@H]1O. The molecule has 2 unspecified atom stereocenters. The second-order valence-corrected chi connectivity index (χ2v) is 5.83. The number of ether oxygens (including phenoxy) is 2. The number of carbonyl (C=O) groups excluding carboxylic acids is 1.